The number of pyridine rings is 1. The van der Waals surface area contributed by atoms with Gasteiger partial charge >= 0.3 is 0 Å². The second-order valence-electron chi connectivity index (χ2n) is 12.9. The van der Waals surface area contributed by atoms with Crippen molar-refractivity contribution >= 4 is 0 Å². The summed E-state index contributed by atoms with van der Waals surface area (Å²) in [5.41, 5.74) is 6.03. The normalized spacial score (nSPS) is 17.2. The van der Waals surface area contributed by atoms with Gasteiger partial charge in [-0.25, -0.2) is 15.0 Å². The molecule has 4 heteroatoms. The largest absolute Gasteiger partial charge is 0.255 e. The van der Waals surface area contributed by atoms with Gasteiger partial charge in [-0.05, 0) is 46.6 Å². The first kappa shape index (κ1) is 23.5. The van der Waals surface area contributed by atoms with Crippen LogP contribution in [0, 0.1) is 0 Å². The van der Waals surface area contributed by atoms with E-state index >= 15 is 0 Å². The zero-order chi connectivity index (χ0) is 24.4. The van der Waals surface area contributed by atoms with Crippen LogP contribution < -0.4 is 0 Å². The van der Waals surface area contributed by atoms with Gasteiger partial charge in [0.2, 0.25) is 0 Å². The van der Waals surface area contributed by atoms with Gasteiger partial charge in [-0.1, -0.05) is 81.4 Å². The van der Waals surface area contributed by atoms with E-state index in [0.717, 1.165) is 34.9 Å². The van der Waals surface area contributed by atoms with Crippen molar-refractivity contribution in [2.75, 3.05) is 0 Å². The number of hydrogen-bond acceptors (Lipinski definition) is 4. The third-order valence-corrected chi connectivity index (χ3v) is 6.66. The van der Waals surface area contributed by atoms with Crippen molar-refractivity contribution in [3.8, 4) is 22.6 Å². The first-order chi connectivity index (χ1) is 15.1. The van der Waals surface area contributed by atoms with Crippen LogP contribution >= 0.6 is 0 Å². The van der Waals surface area contributed by atoms with Crippen molar-refractivity contribution in [3.63, 3.8) is 0 Å². The molecule has 4 nitrogen and oxygen atoms in total. The minimum Gasteiger partial charge on any atom is -0.255 e. The SMILES string of the molecule is CC(C)(C)c1nc(-c2ccc(-c3ccc4c(c3)C(C)(C)CC4(C)C)nc2)nc(C(C)(C)C)n1. The van der Waals surface area contributed by atoms with E-state index < -0.39 is 0 Å². The van der Waals surface area contributed by atoms with Crippen LogP contribution in [0.4, 0.5) is 0 Å². The molecule has 0 saturated carbocycles. The van der Waals surface area contributed by atoms with E-state index in [1.165, 1.54) is 11.1 Å². The van der Waals surface area contributed by atoms with Gasteiger partial charge in [0.05, 0.1) is 5.69 Å². The molecule has 4 rings (SSSR count). The van der Waals surface area contributed by atoms with E-state index in [9.17, 15) is 0 Å². The Hall–Kier alpha value is -2.62. The zero-order valence-corrected chi connectivity index (χ0v) is 22.0. The summed E-state index contributed by atoms with van der Waals surface area (Å²) in [6, 6.07) is 11.0. The Bertz CT molecular complexity index is 1160. The monoisotopic (exact) mass is 442 g/mol. The summed E-state index contributed by atoms with van der Waals surface area (Å²) in [5, 5.41) is 0. The molecule has 2 heterocycles. The number of benzene rings is 1. The number of aromatic nitrogens is 4. The molecule has 174 valence electrons. The molecule has 0 unspecified atom stereocenters. The lowest BCUT2D eigenvalue weighted by atomic mass is 9.82. The Morgan fingerprint density at radius 2 is 1.21 bits per heavy atom. The number of nitrogens with zero attached hydrogens (tertiary/aromatic N) is 4. The maximum absolute atomic E-state index is 4.82. The average molecular weight is 443 g/mol. The fourth-order valence-corrected chi connectivity index (χ4v) is 5.02. The Morgan fingerprint density at radius 3 is 1.73 bits per heavy atom. The van der Waals surface area contributed by atoms with Gasteiger partial charge in [-0.2, -0.15) is 0 Å². The van der Waals surface area contributed by atoms with Crippen LogP contribution in [0.1, 0.15) is 98.4 Å². The summed E-state index contributed by atoms with van der Waals surface area (Å²) >= 11 is 0. The molecular weight excluding hydrogens is 404 g/mol. The van der Waals surface area contributed by atoms with Gasteiger partial charge in [0, 0.05) is 28.2 Å². The first-order valence-corrected chi connectivity index (χ1v) is 12.0. The molecule has 33 heavy (non-hydrogen) atoms. The molecule has 2 aromatic heterocycles. The van der Waals surface area contributed by atoms with E-state index in [1.54, 1.807) is 0 Å². The summed E-state index contributed by atoms with van der Waals surface area (Å²) in [7, 11) is 0. The van der Waals surface area contributed by atoms with Crippen LogP contribution in [-0.2, 0) is 21.7 Å². The third-order valence-electron chi connectivity index (χ3n) is 6.66. The first-order valence-electron chi connectivity index (χ1n) is 12.0. The van der Waals surface area contributed by atoms with Gasteiger partial charge in [0.15, 0.2) is 5.82 Å². The highest BCUT2D eigenvalue weighted by atomic mass is 15.1. The molecule has 1 aliphatic carbocycles. The zero-order valence-electron chi connectivity index (χ0n) is 22.0. The second kappa shape index (κ2) is 7.44. The van der Waals surface area contributed by atoms with E-state index in [0.29, 0.717) is 5.82 Å². The molecule has 0 bridgehead atoms. The summed E-state index contributed by atoms with van der Waals surface area (Å²) < 4.78 is 0. The maximum atomic E-state index is 4.82. The van der Waals surface area contributed by atoms with Crippen molar-refractivity contribution < 1.29 is 0 Å². The highest BCUT2D eigenvalue weighted by Crippen LogP contribution is 2.50. The van der Waals surface area contributed by atoms with Crippen molar-refractivity contribution in [1.29, 1.82) is 0 Å². The third kappa shape index (κ3) is 4.45. The highest BCUT2D eigenvalue weighted by molar-refractivity contribution is 5.66. The number of rotatable bonds is 2. The fourth-order valence-electron chi connectivity index (χ4n) is 5.02. The van der Waals surface area contributed by atoms with E-state index in [2.05, 4.69) is 99.6 Å². The van der Waals surface area contributed by atoms with Crippen LogP contribution in [0.15, 0.2) is 36.5 Å². The number of hydrogen-bond donors (Lipinski definition) is 0. The minimum atomic E-state index is -0.157. The van der Waals surface area contributed by atoms with Crippen molar-refractivity contribution in [2.24, 2.45) is 0 Å². The molecule has 0 radical (unpaired) electrons. The van der Waals surface area contributed by atoms with Crippen LogP contribution in [0.25, 0.3) is 22.6 Å². The molecular formula is C29H38N4. The Labute approximate surface area is 199 Å². The summed E-state index contributed by atoms with van der Waals surface area (Å²) in [4.78, 5) is 19.2. The standard InChI is InChI=1S/C29H38N4/c1-26(2,3)24-31-23(32-25(33-24)27(4,5)6)19-12-14-22(30-16-19)18-11-13-20-21(15-18)29(9,10)17-28(20,7)8/h11-16H,17H2,1-10H3. The average Bonchev–Trinajstić information content (AvgIpc) is 2.90. The molecule has 1 aromatic carbocycles. The summed E-state index contributed by atoms with van der Waals surface area (Å²) in [5.74, 6) is 2.31. The highest BCUT2D eigenvalue weighted by Gasteiger charge is 2.41. The van der Waals surface area contributed by atoms with Gasteiger partial charge in [-0.3, -0.25) is 4.98 Å². The molecule has 0 spiro atoms. The quantitative estimate of drug-likeness (QED) is 0.423. The Balaban J connectivity index is 1.74. The van der Waals surface area contributed by atoms with Crippen LogP contribution in [0.5, 0.6) is 0 Å². The minimum absolute atomic E-state index is 0.157. The molecule has 0 atom stereocenters. The Kier molecular flexibility index (Phi) is 5.31. The summed E-state index contributed by atoms with van der Waals surface area (Å²) in [6.45, 7) is 22.2. The lowest BCUT2D eigenvalue weighted by molar-refractivity contribution is 0.403. The van der Waals surface area contributed by atoms with Crippen molar-refractivity contribution in [1.82, 2.24) is 19.9 Å². The molecule has 1 aliphatic rings. The second-order valence-corrected chi connectivity index (χ2v) is 12.9. The summed E-state index contributed by atoms with van der Waals surface area (Å²) in [6.07, 6.45) is 3.06. The molecule has 3 aromatic rings. The van der Waals surface area contributed by atoms with E-state index in [4.69, 9.17) is 19.9 Å². The Morgan fingerprint density at radius 1 is 0.667 bits per heavy atom. The van der Waals surface area contributed by atoms with E-state index in [-0.39, 0.29) is 21.7 Å². The van der Waals surface area contributed by atoms with Gasteiger partial charge < -0.3 is 0 Å². The molecule has 0 fully saturated rings. The van der Waals surface area contributed by atoms with Crippen LogP contribution in [0.3, 0.4) is 0 Å². The number of fused-ring (bicyclic) bond motifs is 1. The predicted octanol–water partition coefficient (Wildman–Crippen LogP) is 7.15. The van der Waals surface area contributed by atoms with Gasteiger partial charge in [-0.15, -0.1) is 0 Å². The smallest absolute Gasteiger partial charge is 0.164 e. The van der Waals surface area contributed by atoms with Gasteiger partial charge in [0.25, 0.3) is 0 Å². The maximum Gasteiger partial charge on any atom is 0.164 e. The molecule has 0 saturated heterocycles. The lowest BCUT2D eigenvalue weighted by Crippen LogP contribution is -2.24. The van der Waals surface area contributed by atoms with E-state index in [1.807, 2.05) is 6.20 Å². The fraction of sp³-hybridized carbons (Fsp3) is 0.517. The van der Waals surface area contributed by atoms with Gasteiger partial charge in [0.1, 0.15) is 11.6 Å². The van der Waals surface area contributed by atoms with Crippen LogP contribution in [0.2, 0.25) is 0 Å². The predicted molar refractivity (Wildman–Crippen MR) is 137 cm³/mol. The molecule has 0 N–H and O–H groups in total. The van der Waals surface area contributed by atoms with Crippen molar-refractivity contribution in [2.45, 2.75) is 97.3 Å². The van der Waals surface area contributed by atoms with Crippen molar-refractivity contribution in [3.05, 3.63) is 59.3 Å². The molecule has 0 amide bonds. The molecule has 0 aliphatic heterocycles. The topological polar surface area (TPSA) is 51.6 Å². The van der Waals surface area contributed by atoms with Crippen LogP contribution in [-0.4, -0.2) is 19.9 Å². The lowest BCUT2D eigenvalue weighted by Gasteiger charge is -2.22.